The molecule has 6 rings (SSSR count). The quantitative estimate of drug-likeness (QED) is 0.247. The van der Waals surface area contributed by atoms with Crippen LogP contribution in [0.15, 0.2) is 67.0 Å². The van der Waals surface area contributed by atoms with E-state index >= 15 is 0 Å². The van der Waals surface area contributed by atoms with Crippen molar-refractivity contribution in [1.29, 1.82) is 0 Å². The highest BCUT2D eigenvalue weighted by Gasteiger charge is 2.23. The fraction of sp³-hybridized carbons (Fsp3) is 0.312. The summed E-state index contributed by atoms with van der Waals surface area (Å²) >= 11 is 0. The van der Waals surface area contributed by atoms with Crippen molar-refractivity contribution in [2.24, 2.45) is 0 Å². The summed E-state index contributed by atoms with van der Waals surface area (Å²) in [5, 5.41) is 36.5. The lowest BCUT2D eigenvalue weighted by molar-refractivity contribution is 0.152. The normalized spacial score (nSPS) is 12.7. The van der Waals surface area contributed by atoms with Gasteiger partial charge in [-0.2, -0.15) is 15.3 Å². The van der Waals surface area contributed by atoms with Gasteiger partial charge in [0.2, 0.25) is 0 Å². The number of benzene rings is 2. The molecule has 4 heterocycles. The molecule has 0 bridgehead atoms. The second-order valence-electron chi connectivity index (χ2n) is 10.9. The summed E-state index contributed by atoms with van der Waals surface area (Å²) in [7, 11) is 0. The van der Waals surface area contributed by atoms with Gasteiger partial charge in [-0.05, 0) is 43.9 Å². The van der Waals surface area contributed by atoms with E-state index in [9.17, 15) is 10.2 Å². The van der Waals surface area contributed by atoms with E-state index in [0.29, 0.717) is 25.2 Å². The molecular formula is C32H35N7O2. The molecule has 210 valence electrons. The molecule has 4 aromatic heterocycles. The SMILES string of the molecule is Cc1nc2nn(CCCO)cc2cc1-n1nc(-c2cccc3nn(C[C@H](O)c4ccccc4)cc23)c(C(C)C)c1C. The Morgan fingerprint density at radius 2 is 1.71 bits per heavy atom. The van der Waals surface area contributed by atoms with Gasteiger partial charge in [-0.3, -0.25) is 9.36 Å². The van der Waals surface area contributed by atoms with E-state index in [2.05, 4.69) is 38.0 Å². The Labute approximate surface area is 238 Å². The van der Waals surface area contributed by atoms with Crippen LogP contribution in [0.3, 0.4) is 0 Å². The van der Waals surface area contributed by atoms with E-state index in [1.165, 1.54) is 5.56 Å². The summed E-state index contributed by atoms with van der Waals surface area (Å²) in [5.41, 5.74) is 8.35. The maximum Gasteiger partial charge on any atom is 0.181 e. The van der Waals surface area contributed by atoms with E-state index in [-0.39, 0.29) is 12.5 Å². The van der Waals surface area contributed by atoms with Crippen molar-refractivity contribution in [2.75, 3.05) is 6.61 Å². The van der Waals surface area contributed by atoms with Crippen LogP contribution in [-0.2, 0) is 13.1 Å². The molecule has 0 aliphatic carbocycles. The van der Waals surface area contributed by atoms with E-state index in [1.807, 2.05) is 75.8 Å². The first-order valence-corrected chi connectivity index (χ1v) is 14.1. The minimum absolute atomic E-state index is 0.125. The number of pyridine rings is 1. The van der Waals surface area contributed by atoms with Gasteiger partial charge < -0.3 is 10.2 Å². The van der Waals surface area contributed by atoms with Crippen LogP contribution in [0.4, 0.5) is 0 Å². The zero-order valence-electron chi connectivity index (χ0n) is 23.9. The second-order valence-corrected chi connectivity index (χ2v) is 10.9. The smallest absolute Gasteiger partial charge is 0.181 e. The van der Waals surface area contributed by atoms with E-state index < -0.39 is 6.10 Å². The molecule has 0 unspecified atom stereocenters. The first-order valence-electron chi connectivity index (χ1n) is 14.1. The van der Waals surface area contributed by atoms with Crippen molar-refractivity contribution >= 4 is 21.9 Å². The van der Waals surface area contributed by atoms with Crippen LogP contribution < -0.4 is 0 Å². The van der Waals surface area contributed by atoms with Crippen molar-refractivity contribution in [2.45, 2.75) is 59.2 Å². The number of hydrogen-bond donors (Lipinski definition) is 2. The first kappa shape index (κ1) is 26.9. The Bertz CT molecular complexity index is 1830. The molecule has 0 fully saturated rings. The van der Waals surface area contributed by atoms with Gasteiger partial charge in [0.05, 0.1) is 35.2 Å². The van der Waals surface area contributed by atoms with Crippen LogP contribution in [0.5, 0.6) is 0 Å². The zero-order chi connectivity index (χ0) is 28.7. The van der Waals surface area contributed by atoms with Crippen molar-refractivity contribution < 1.29 is 10.2 Å². The monoisotopic (exact) mass is 549 g/mol. The molecule has 2 N–H and O–H groups in total. The van der Waals surface area contributed by atoms with Crippen molar-refractivity contribution in [1.82, 2.24) is 34.3 Å². The third kappa shape index (κ3) is 5.03. The predicted octanol–water partition coefficient (Wildman–Crippen LogP) is 5.49. The van der Waals surface area contributed by atoms with Crippen LogP contribution >= 0.6 is 0 Å². The molecule has 9 nitrogen and oxygen atoms in total. The fourth-order valence-corrected chi connectivity index (χ4v) is 5.63. The molecule has 0 saturated carbocycles. The van der Waals surface area contributed by atoms with Crippen LogP contribution in [0, 0.1) is 13.8 Å². The van der Waals surface area contributed by atoms with E-state index in [4.69, 9.17) is 15.2 Å². The number of rotatable bonds is 9. The van der Waals surface area contributed by atoms with Gasteiger partial charge in [0.25, 0.3) is 0 Å². The summed E-state index contributed by atoms with van der Waals surface area (Å²) < 4.78 is 5.66. The number of aliphatic hydroxyl groups excluding tert-OH is 2. The van der Waals surface area contributed by atoms with Crippen LogP contribution in [0.1, 0.15) is 54.8 Å². The third-order valence-electron chi connectivity index (χ3n) is 7.62. The number of hydrogen-bond acceptors (Lipinski definition) is 6. The van der Waals surface area contributed by atoms with Gasteiger partial charge in [0, 0.05) is 53.1 Å². The van der Waals surface area contributed by atoms with Gasteiger partial charge in [-0.1, -0.05) is 56.3 Å². The highest BCUT2D eigenvalue weighted by molar-refractivity contribution is 5.94. The Morgan fingerprint density at radius 3 is 2.46 bits per heavy atom. The molecule has 6 aromatic rings. The van der Waals surface area contributed by atoms with Crippen LogP contribution in [0.2, 0.25) is 0 Å². The summed E-state index contributed by atoms with van der Waals surface area (Å²) in [5.74, 6) is 0.238. The maximum atomic E-state index is 10.8. The highest BCUT2D eigenvalue weighted by Crippen LogP contribution is 2.37. The lowest BCUT2D eigenvalue weighted by Gasteiger charge is -2.10. The minimum Gasteiger partial charge on any atom is -0.396 e. The zero-order valence-corrected chi connectivity index (χ0v) is 23.9. The fourth-order valence-electron chi connectivity index (χ4n) is 5.63. The molecule has 41 heavy (non-hydrogen) atoms. The van der Waals surface area contributed by atoms with Crippen molar-refractivity contribution in [3.05, 3.63) is 89.5 Å². The Kier molecular flexibility index (Phi) is 7.15. The van der Waals surface area contributed by atoms with Gasteiger partial charge in [-0.25, -0.2) is 9.67 Å². The standard InChI is InChI=1S/C32H35N7O2/c1-20(2)30-22(4)39(28-16-24-17-37(14-9-15-40)36-32(24)33-21(28)3)35-31(30)25-12-8-13-27-26(25)18-38(34-27)19-29(41)23-10-6-5-7-11-23/h5-8,10-13,16-18,20,29,40-41H,9,14-15,19H2,1-4H3/t29-/m0/s1. The topological polar surface area (TPSA) is 107 Å². The lowest BCUT2D eigenvalue weighted by Crippen LogP contribution is -2.08. The van der Waals surface area contributed by atoms with Gasteiger partial charge >= 0.3 is 0 Å². The number of aromatic nitrogens is 7. The molecule has 0 amide bonds. The molecule has 0 spiro atoms. The Morgan fingerprint density at radius 1 is 0.902 bits per heavy atom. The maximum absolute atomic E-state index is 10.8. The molecule has 0 aliphatic heterocycles. The average Bonchev–Trinajstić information content (AvgIpc) is 3.65. The Hall–Kier alpha value is -4.34. The van der Waals surface area contributed by atoms with Gasteiger partial charge in [0.15, 0.2) is 5.65 Å². The summed E-state index contributed by atoms with van der Waals surface area (Å²) in [4.78, 5) is 4.79. The lowest BCUT2D eigenvalue weighted by atomic mass is 9.95. The van der Waals surface area contributed by atoms with E-state index in [0.717, 1.165) is 50.2 Å². The predicted molar refractivity (Wildman–Crippen MR) is 160 cm³/mol. The number of nitrogens with zero attached hydrogens (tertiary/aromatic N) is 7. The Balaban J connectivity index is 1.43. The minimum atomic E-state index is -0.653. The molecular weight excluding hydrogens is 514 g/mol. The molecule has 1 atom stereocenters. The number of aryl methyl sites for hydroxylation is 2. The molecule has 0 saturated heterocycles. The molecule has 9 heteroatoms. The molecule has 0 radical (unpaired) electrons. The summed E-state index contributed by atoms with van der Waals surface area (Å²) in [6.07, 6.45) is 3.98. The van der Waals surface area contributed by atoms with Gasteiger partial charge in [-0.15, -0.1) is 0 Å². The molecule has 2 aromatic carbocycles. The van der Waals surface area contributed by atoms with Crippen LogP contribution in [0.25, 0.3) is 38.9 Å². The summed E-state index contributed by atoms with van der Waals surface area (Å²) in [6.45, 7) is 9.61. The van der Waals surface area contributed by atoms with E-state index in [1.54, 1.807) is 0 Å². The second kappa shape index (κ2) is 10.9. The summed E-state index contributed by atoms with van der Waals surface area (Å²) in [6, 6.07) is 17.9. The van der Waals surface area contributed by atoms with Crippen molar-refractivity contribution in [3.63, 3.8) is 0 Å². The molecule has 0 aliphatic rings. The number of aliphatic hydroxyl groups is 2. The number of fused-ring (bicyclic) bond motifs is 2. The first-order chi connectivity index (χ1) is 19.8. The average molecular weight is 550 g/mol. The third-order valence-corrected chi connectivity index (χ3v) is 7.62. The van der Waals surface area contributed by atoms with Gasteiger partial charge in [0.1, 0.15) is 0 Å². The highest BCUT2D eigenvalue weighted by atomic mass is 16.3. The van der Waals surface area contributed by atoms with Crippen molar-refractivity contribution in [3.8, 4) is 16.9 Å². The van der Waals surface area contributed by atoms with Crippen LogP contribution in [-0.4, -0.2) is 51.1 Å². The largest absolute Gasteiger partial charge is 0.396 e.